The summed E-state index contributed by atoms with van der Waals surface area (Å²) in [5.74, 6) is 0.210. The van der Waals surface area contributed by atoms with Crippen LogP contribution in [0, 0.1) is 0 Å². The van der Waals surface area contributed by atoms with Gasteiger partial charge in [-0.15, -0.1) is 0 Å². The maximum Gasteiger partial charge on any atom is 0.239 e. The molecule has 1 heterocycles. The molecule has 1 aliphatic heterocycles. The van der Waals surface area contributed by atoms with Crippen LogP contribution in [0.3, 0.4) is 0 Å². The van der Waals surface area contributed by atoms with Crippen molar-refractivity contribution >= 4 is 5.91 Å². The smallest absolute Gasteiger partial charge is 0.239 e. The van der Waals surface area contributed by atoms with Crippen LogP contribution in [0.25, 0.3) is 0 Å². The summed E-state index contributed by atoms with van der Waals surface area (Å²) >= 11 is 0. The number of hydrogen-bond acceptors (Lipinski definition) is 3. The van der Waals surface area contributed by atoms with Gasteiger partial charge in [-0.3, -0.25) is 9.69 Å². The highest BCUT2D eigenvalue weighted by molar-refractivity contribution is 5.81. The van der Waals surface area contributed by atoms with E-state index in [0.717, 1.165) is 32.7 Å². The van der Waals surface area contributed by atoms with E-state index < -0.39 is 0 Å². The quantitative estimate of drug-likeness (QED) is 0.876. The van der Waals surface area contributed by atoms with Crippen molar-refractivity contribution in [2.45, 2.75) is 19.5 Å². The molecular formula is C15H23N3O. The van der Waals surface area contributed by atoms with E-state index >= 15 is 0 Å². The van der Waals surface area contributed by atoms with Gasteiger partial charge >= 0.3 is 0 Å². The van der Waals surface area contributed by atoms with E-state index in [4.69, 9.17) is 0 Å². The van der Waals surface area contributed by atoms with E-state index in [1.54, 1.807) is 0 Å². The molecule has 0 spiro atoms. The lowest BCUT2D eigenvalue weighted by Gasteiger charge is -2.35. The third-order valence-electron chi connectivity index (χ3n) is 3.74. The van der Waals surface area contributed by atoms with Gasteiger partial charge in [-0.2, -0.15) is 0 Å². The van der Waals surface area contributed by atoms with Gasteiger partial charge in [0, 0.05) is 32.7 Å². The number of rotatable bonds is 4. The van der Waals surface area contributed by atoms with Crippen LogP contribution in [0.15, 0.2) is 30.3 Å². The lowest BCUT2D eigenvalue weighted by molar-refractivity contribution is -0.134. The Kier molecular flexibility index (Phi) is 4.93. The van der Waals surface area contributed by atoms with Crippen molar-refractivity contribution in [3.63, 3.8) is 0 Å². The van der Waals surface area contributed by atoms with Crippen LogP contribution in [-0.2, 0) is 11.3 Å². The second-order valence-electron chi connectivity index (χ2n) is 5.10. The zero-order chi connectivity index (χ0) is 13.7. The molecule has 1 amide bonds. The van der Waals surface area contributed by atoms with Gasteiger partial charge < -0.3 is 10.2 Å². The maximum atomic E-state index is 12.0. The number of benzene rings is 1. The Balaban J connectivity index is 1.81. The summed E-state index contributed by atoms with van der Waals surface area (Å²) in [4.78, 5) is 16.4. The number of hydrogen-bond donors (Lipinski definition) is 1. The number of carbonyl (C=O) groups excluding carboxylic acids is 1. The van der Waals surface area contributed by atoms with E-state index in [2.05, 4.69) is 34.5 Å². The largest absolute Gasteiger partial charge is 0.339 e. The van der Waals surface area contributed by atoms with Gasteiger partial charge in [0.1, 0.15) is 0 Å². The molecule has 4 heteroatoms. The molecule has 19 heavy (non-hydrogen) atoms. The number of piperazine rings is 1. The minimum absolute atomic E-state index is 0.0827. The van der Waals surface area contributed by atoms with Crippen LogP contribution in [0.2, 0.25) is 0 Å². The van der Waals surface area contributed by atoms with Crippen molar-refractivity contribution in [2.75, 3.05) is 33.2 Å². The second-order valence-corrected chi connectivity index (χ2v) is 5.10. The van der Waals surface area contributed by atoms with Crippen molar-refractivity contribution < 1.29 is 4.79 Å². The molecule has 1 aromatic rings. The molecule has 1 fully saturated rings. The van der Waals surface area contributed by atoms with Gasteiger partial charge in [-0.1, -0.05) is 30.3 Å². The summed E-state index contributed by atoms with van der Waals surface area (Å²) in [5, 5.41) is 3.01. The molecule has 0 aliphatic carbocycles. The van der Waals surface area contributed by atoms with Gasteiger partial charge in [-0.25, -0.2) is 0 Å². The third kappa shape index (κ3) is 3.78. The van der Waals surface area contributed by atoms with Crippen LogP contribution >= 0.6 is 0 Å². The van der Waals surface area contributed by atoms with E-state index in [9.17, 15) is 4.79 Å². The zero-order valence-electron chi connectivity index (χ0n) is 11.8. The SMILES string of the molecule is CN[C@@H](C)C(=O)N1CCN(Cc2ccccc2)CC1. The van der Waals surface area contributed by atoms with E-state index in [1.165, 1.54) is 5.56 Å². The molecule has 1 N–H and O–H groups in total. The number of amides is 1. The van der Waals surface area contributed by atoms with E-state index in [0.29, 0.717) is 0 Å². The Morgan fingerprint density at radius 2 is 1.84 bits per heavy atom. The highest BCUT2D eigenvalue weighted by Gasteiger charge is 2.23. The Morgan fingerprint density at radius 3 is 2.42 bits per heavy atom. The Hall–Kier alpha value is -1.39. The number of likely N-dealkylation sites (N-methyl/N-ethyl adjacent to an activating group) is 1. The molecule has 104 valence electrons. The lowest BCUT2D eigenvalue weighted by Crippen LogP contribution is -2.52. The van der Waals surface area contributed by atoms with Crippen molar-refractivity contribution in [1.82, 2.24) is 15.1 Å². The monoisotopic (exact) mass is 261 g/mol. The Labute approximate surface area is 115 Å². The van der Waals surface area contributed by atoms with Crippen molar-refractivity contribution in [1.29, 1.82) is 0 Å². The zero-order valence-corrected chi connectivity index (χ0v) is 11.8. The predicted octanol–water partition coefficient (Wildman–Crippen LogP) is 0.939. The summed E-state index contributed by atoms with van der Waals surface area (Å²) in [5.41, 5.74) is 1.34. The fourth-order valence-electron chi connectivity index (χ4n) is 2.37. The Bertz CT molecular complexity index is 399. The fourth-order valence-corrected chi connectivity index (χ4v) is 2.37. The van der Waals surface area contributed by atoms with E-state index in [-0.39, 0.29) is 11.9 Å². The standard InChI is InChI=1S/C15H23N3O/c1-13(16-2)15(19)18-10-8-17(9-11-18)12-14-6-4-3-5-7-14/h3-7,13,16H,8-12H2,1-2H3/t13-/m0/s1. The van der Waals surface area contributed by atoms with Crippen LogP contribution in [0.4, 0.5) is 0 Å². The Morgan fingerprint density at radius 1 is 1.21 bits per heavy atom. The van der Waals surface area contributed by atoms with Gasteiger partial charge in [0.25, 0.3) is 0 Å². The van der Waals surface area contributed by atoms with Gasteiger partial charge in [-0.05, 0) is 19.5 Å². The lowest BCUT2D eigenvalue weighted by atomic mass is 10.2. The first kappa shape index (κ1) is 14.0. The summed E-state index contributed by atoms with van der Waals surface area (Å²) in [6, 6.07) is 10.4. The van der Waals surface area contributed by atoms with Crippen molar-refractivity contribution in [2.24, 2.45) is 0 Å². The third-order valence-corrected chi connectivity index (χ3v) is 3.74. The number of nitrogens with one attached hydrogen (secondary N) is 1. The predicted molar refractivity (Wildman–Crippen MR) is 76.8 cm³/mol. The van der Waals surface area contributed by atoms with Gasteiger partial charge in [0.15, 0.2) is 0 Å². The van der Waals surface area contributed by atoms with Crippen LogP contribution < -0.4 is 5.32 Å². The molecule has 4 nitrogen and oxygen atoms in total. The molecule has 0 saturated carbocycles. The summed E-state index contributed by atoms with van der Waals surface area (Å²) < 4.78 is 0. The molecule has 0 radical (unpaired) electrons. The highest BCUT2D eigenvalue weighted by Crippen LogP contribution is 2.09. The van der Waals surface area contributed by atoms with Crippen molar-refractivity contribution in [3.8, 4) is 0 Å². The first-order chi connectivity index (χ1) is 9.20. The van der Waals surface area contributed by atoms with E-state index in [1.807, 2.05) is 24.9 Å². The topological polar surface area (TPSA) is 35.6 Å². The van der Waals surface area contributed by atoms with Gasteiger partial charge in [0.05, 0.1) is 6.04 Å². The molecular weight excluding hydrogens is 238 g/mol. The van der Waals surface area contributed by atoms with Gasteiger partial charge in [0.2, 0.25) is 5.91 Å². The average Bonchev–Trinajstić information content (AvgIpc) is 2.47. The highest BCUT2D eigenvalue weighted by atomic mass is 16.2. The second kappa shape index (κ2) is 6.68. The molecule has 0 unspecified atom stereocenters. The minimum atomic E-state index is -0.0827. The number of carbonyl (C=O) groups is 1. The molecule has 2 rings (SSSR count). The molecule has 1 saturated heterocycles. The number of nitrogens with zero attached hydrogens (tertiary/aromatic N) is 2. The maximum absolute atomic E-state index is 12.0. The normalized spacial score (nSPS) is 18.3. The fraction of sp³-hybridized carbons (Fsp3) is 0.533. The molecule has 1 aromatic carbocycles. The summed E-state index contributed by atoms with van der Waals surface area (Å²) in [6.07, 6.45) is 0. The van der Waals surface area contributed by atoms with Crippen LogP contribution in [0.5, 0.6) is 0 Å². The van der Waals surface area contributed by atoms with Crippen LogP contribution in [-0.4, -0.2) is 55.0 Å². The molecule has 1 atom stereocenters. The molecule has 0 aromatic heterocycles. The van der Waals surface area contributed by atoms with Crippen molar-refractivity contribution in [3.05, 3.63) is 35.9 Å². The molecule has 0 bridgehead atoms. The summed E-state index contributed by atoms with van der Waals surface area (Å²) in [7, 11) is 1.83. The summed E-state index contributed by atoms with van der Waals surface area (Å²) in [6.45, 7) is 6.46. The van der Waals surface area contributed by atoms with Crippen LogP contribution in [0.1, 0.15) is 12.5 Å². The minimum Gasteiger partial charge on any atom is -0.339 e. The first-order valence-corrected chi connectivity index (χ1v) is 6.93. The first-order valence-electron chi connectivity index (χ1n) is 6.93. The average molecular weight is 261 g/mol. The molecule has 1 aliphatic rings.